The quantitative estimate of drug-likeness (QED) is 0.773. The number of hydrogen-bond acceptors (Lipinski definition) is 5. The zero-order valence-electron chi connectivity index (χ0n) is 15.6. The monoisotopic (exact) mass is 386 g/mol. The number of carboxylic acids is 1. The summed E-state index contributed by atoms with van der Waals surface area (Å²) in [5.74, 6) is 0.412. The second-order valence-corrected chi connectivity index (χ2v) is 6.28. The molecule has 0 spiro atoms. The van der Waals surface area contributed by atoms with E-state index in [0.29, 0.717) is 12.3 Å². The number of ether oxygens (including phenoxy) is 2. The highest BCUT2D eigenvalue weighted by atomic mass is 35.5. The van der Waals surface area contributed by atoms with Crippen LogP contribution in [0, 0.1) is 0 Å². The summed E-state index contributed by atoms with van der Waals surface area (Å²) in [5, 5.41) is 9.09. The molecule has 146 valence electrons. The first-order chi connectivity index (χ1) is 11.9. The number of carbonyl (C=O) groups is 2. The second kappa shape index (κ2) is 9.64. The molecule has 1 amide bonds. The number of amides is 1. The van der Waals surface area contributed by atoms with Gasteiger partial charge in [0.2, 0.25) is 5.91 Å². The van der Waals surface area contributed by atoms with E-state index in [4.69, 9.17) is 14.6 Å². The van der Waals surface area contributed by atoms with Crippen molar-refractivity contribution in [1.29, 1.82) is 0 Å². The normalized spacial score (nSPS) is 17.6. The molecule has 2 rings (SSSR count). The van der Waals surface area contributed by atoms with Gasteiger partial charge in [0.25, 0.3) is 0 Å². The van der Waals surface area contributed by atoms with Crippen molar-refractivity contribution in [3.05, 3.63) is 23.8 Å². The SMILES string of the molecule is COc1ccc(OC)c(C2CCCN2C(=O)CN(C)C(C)C(=O)O)c1.Cl. The van der Waals surface area contributed by atoms with Gasteiger partial charge in [-0.2, -0.15) is 0 Å². The molecular formula is C18H27ClN2O5. The number of halogens is 1. The van der Waals surface area contributed by atoms with Gasteiger partial charge in [-0.15, -0.1) is 12.4 Å². The first-order valence-electron chi connectivity index (χ1n) is 8.33. The fraction of sp³-hybridized carbons (Fsp3) is 0.556. The highest BCUT2D eigenvalue weighted by Crippen LogP contribution is 2.38. The summed E-state index contributed by atoms with van der Waals surface area (Å²) in [6.07, 6.45) is 1.74. The molecule has 1 aromatic rings. The van der Waals surface area contributed by atoms with Crippen LogP contribution in [0.3, 0.4) is 0 Å². The minimum absolute atomic E-state index is 0. The van der Waals surface area contributed by atoms with E-state index in [2.05, 4.69) is 0 Å². The minimum Gasteiger partial charge on any atom is -0.497 e. The number of nitrogens with zero attached hydrogens (tertiary/aromatic N) is 2. The third-order valence-corrected chi connectivity index (χ3v) is 4.77. The Hall–Kier alpha value is -1.99. The predicted molar refractivity (Wildman–Crippen MR) is 100 cm³/mol. The molecule has 1 aliphatic heterocycles. The highest BCUT2D eigenvalue weighted by molar-refractivity contribution is 5.85. The summed E-state index contributed by atoms with van der Waals surface area (Å²) < 4.78 is 10.8. The van der Waals surface area contributed by atoms with Crippen molar-refractivity contribution < 1.29 is 24.2 Å². The Labute approximate surface area is 160 Å². The minimum atomic E-state index is -0.942. The van der Waals surface area contributed by atoms with Gasteiger partial charge >= 0.3 is 5.97 Å². The van der Waals surface area contributed by atoms with E-state index in [1.54, 1.807) is 33.1 Å². The van der Waals surface area contributed by atoms with E-state index < -0.39 is 12.0 Å². The lowest BCUT2D eigenvalue weighted by Crippen LogP contribution is -2.44. The molecule has 2 unspecified atom stereocenters. The molecule has 1 aromatic carbocycles. The molecule has 8 heteroatoms. The van der Waals surface area contributed by atoms with Crippen molar-refractivity contribution in [2.75, 3.05) is 34.4 Å². The van der Waals surface area contributed by atoms with Gasteiger partial charge in [-0.3, -0.25) is 14.5 Å². The van der Waals surface area contributed by atoms with Crippen LogP contribution in [0.1, 0.15) is 31.4 Å². The Morgan fingerprint density at radius 1 is 1.35 bits per heavy atom. The van der Waals surface area contributed by atoms with E-state index in [0.717, 1.165) is 24.2 Å². The summed E-state index contributed by atoms with van der Waals surface area (Å²) >= 11 is 0. The zero-order valence-corrected chi connectivity index (χ0v) is 16.4. The van der Waals surface area contributed by atoms with Gasteiger partial charge in [-0.05, 0) is 45.0 Å². The molecule has 1 fully saturated rings. The molecule has 0 aliphatic carbocycles. The Kier molecular flexibility index (Phi) is 8.17. The standard InChI is InChI=1S/C18H26N2O5.ClH/c1-12(18(22)23)19(2)11-17(21)20-9-5-6-15(20)14-10-13(24-3)7-8-16(14)25-4;/h7-8,10,12,15H,5-6,9,11H2,1-4H3,(H,22,23);1H. The number of likely N-dealkylation sites (N-methyl/N-ethyl adjacent to an activating group) is 1. The summed E-state index contributed by atoms with van der Waals surface area (Å²) in [6.45, 7) is 2.29. The number of likely N-dealkylation sites (tertiary alicyclic amines) is 1. The highest BCUT2D eigenvalue weighted by Gasteiger charge is 2.33. The molecule has 0 bridgehead atoms. The molecule has 0 saturated carbocycles. The summed E-state index contributed by atoms with van der Waals surface area (Å²) in [5.41, 5.74) is 0.918. The number of carboxylic acid groups (broad SMARTS) is 1. The lowest BCUT2D eigenvalue weighted by molar-refractivity contribution is -0.143. The van der Waals surface area contributed by atoms with Crippen molar-refractivity contribution in [2.45, 2.75) is 31.8 Å². The van der Waals surface area contributed by atoms with Crippen LogP contribution in [-0.4, -0.2) is 67.2 Å². The first-order valence-corrected chi connectivity index (χ1v) is 8.33. The number of hydrogen-bond donors (Lipinski definition) is 1. The maximum absolute atomic E-state index is 12.7. The van der Waals surface area contributed by atoms with Crippen LogP contribution in [0.25, 0.3) is 0 Å². The van der Waals surface area contributed by atoms with Crippen LogP contribution < -0.4 is 9.47 Å². The molecule has 1 saturated heterocycles. The number of benzene rings is 1. The van der Waals surface area contributed by atoms with E-state index in [-0.39, 0.29) is 30.9 Å². The Bertz CT molecular complexity index is 640. The Morgan fingerprint density at radius 3 is 2.62 bits per heavy atom. The van der Waals surface area contributed by atoms with Crippen LogP contribution >= 0.6 is 12.4 Å². The fourth-order valence-corrected chi connectivity index (χ4v) is 3.12. The smallest absolute Gasteiger partial charge is 0.320 e. The average Bonchev–Trinajstić information content (AvgIpc) is 3.09. The zero-order chi connectivity index (χ0) is 18.6. The molecular weight excluding hydrogens is 360 g/mol. The maximum Gasteiger partial charge on any atom is 0.320 e. The van der Waals surface area contributed by atoms with Gasteiger partial charge in [-0.1, -0.05) is 0 Å². The Morgan fingerprint density at radius 2 is 2.04 bits per heavy atom. The number of rotatable bonds is 7. The van der Waals surface area contributed by atoms with Crippen molar-refractivity contribution in [3.63, 3.8) is 0 Å². The largest absolute Gasteiger partial charge is 0.497 e. The predicted octanol–water partition coefficient (Wildman–Crippen LogP) is 2.19. The molecule has 26 heavy (non-hydrogen) atoms. The van der Waals surface area contributed by atoms with Gasteiger partial charge in [-0.25, -0.2) is 0 Å². The van der Waals surface area contributed by atoms with Crippen molar-refractivity contribution in [3.8, 4) is 11.5 Å². The molecule has 1 heterocycles. The number of aliphatic carboxylic acids is 1. The van der Waals surface area contributed by atoms with Gasteiger partial charge in [0.05, 0.1) is 26.8 Å². The van der Waals surface area contributed by atoms with Gasteiger partial charge in [0.1, 0.15) is 17.5 Å². The van der Waals surface area contributed by atoms with Gasteiger partial charge in [0.15, 0.2) is 0 Å². The molecule has 0 aromatic heterocycles. The summed E-state index contributed by atoms with van der Waals surface area (Å²) in [7, 11) is 4.86. The van der Waals surface area contributed by atoms with E-state index in [1.165, 1.54) is 0 Å². The average molecular weight is 387 g/mol. The van der Waals surface area contributed by atoms with Crippen molar-refractivity contribution >= 4 is 24.3 Å². The van der Waals surface area contributed by atoms with Crippen LogP contribution in [0.15, 0.2) is 18.2 Å². The third-order valence-electron chi connectivity index (χ3n) is 4.77. The maximum atomic E-state index is 12.7. The van der Waals surface area contributed by atoms with E-state index in [9.17, 15) is 9.59 Å². The van der Waals surface area contributed by atoms with E-state index in [1.807, 2.05) is 23.1 Å². The van der Waals surface area contributed by atoms with Crippen LogP contribution in [0.5, 0.6) is 11.5 Å². The van der Waals surface area contributed by atoms with Gasteiger partial charge in [0, 0.05) is 12.1 Å². The first kappa shape index (κ1) is 22.1. The Balaban J connectivity index is 0.00000338. The topological polar surface area (TPSA) is 79.3 Å². The lowest BCUT2D eigenvalue weighted by atomic mass is 10.0. The number of carbonyl (C=O) groups excluding carboxylic acids is 1. The third kappa shape index (κ3) is 4.80. The fourth-order valence-electron chi connectivity index (χ4n) is 3.12. The van der Waals surface area contributed by atoms with E-state index >= 15 is 0 Å². The lowest BCUT2D eigenvalue weighted by Gasteiger charge is -2.29. The van der Waals surface area contributed by atoms with Crippen LogP contribution in [0.4, 0.5) is 0 Å². The van der Waals surface area contributed by atoms with Gasteiger partial charge < -0.3 is 19.5 Å². The summed E-state index contributed by atoms with van der Waals surface area (Å²) in [4.78, 5) is 27.2. The number of methoxy groups -OCH3 is 2. The molecule has 1 aliphatic rings. The molecule has 7 nitrogen and oxygen atoms in total. The van der Waals surface area contributed by atoms with Crippen LogP contribution in [0.2, 0.25) is 0 Å². The second-order valence-electron chi connectivity index (χ2n) is 6.28. The van der Waals surface area contributed by atoms with Crippen molar-refractivity contribution in [2.24, 2.45) is 0 Å². The molecule has 0 radical (unpaired) electrons. The molecule has 2 atom stereocenters. The van der Waals surface area contributed by atoms with Crippen molar-refractivity contribution in [1.82, 2.24) is 9.80 Å². The summed E-state index contributed by atoms with van der Waals surface area (Å²) in [6, 6.07) is 4.76. The van der Waals surface area contributed by atoms with Crippen LogP contribution in [-0.2, 0) is 9.59 Å². The molecule has 1 N–H and O–H groups in total.